The minimum absolute atomic E-state index is 0.425. The molecule has 0 aliphatic rings. The van der Waals surface area contributed by atoms with Crippen LogP contribution in [0.1, 0.15) is 13.8 Å². The quantitative estimate of drug-likeness (QED) is 0.917. The Balaban J connectivity index is 2.41. The summed E-state index contributed by atoms with van der Waals surface area (Å²) in [6.07, 6.45) is 1.72. The van der Waals surface area contributed by atoms with E-state index in [1.54, 1.807) is 13.1 Å². The van der Waals surface area contributed by atoms with Gasteiger partial charge in [-0.15, -0.1) is 0 Å². The first-order chi connectivity index (χ1) is 9.52. The minimum atomic E-state index is -0.787. The number of halogens is 1. The number of carboxylic acids is 1. The van der Waals surface area contributed by atoms with E-state index in [4.69, 9.17) is 16.7 Å². The monoisotopic (exact) mass is 292 g/mol. The van der Waals surface area contributed by atoms with Crippen LogP contribution in [0.2, 0.25) is 5.02 Å². The molecule has 0 aliphatic carbocycles. The molecule has 0 aliphatic heterocycles. The lowest BCUT2D eigenvalue weighted by atomic mass is 10.1. The Morgan fingerprint density at radius 3 is 2.85 bits per heavy atom. The fraction of sp³-hybridized carbons (Fsp3) is 0.333. The third-order valence-corrected chi connectivity index (χ3v) is 3.56. The molecule has 1 unspecified atom stereocenters. The van der Waals surface area contributed by atoms with Gasteiger partial charge in [-0.3, -0.25) is 9.78 Å². The van der Waals surface area contributed by atoms with Crippen LogP contribution in [0.4, 0.5) is 5.69 Å². The molecule has 4 nitrogen and oxygen atoms in total. The van der Waals surface area contributed by atoms with Crippen LogP contribution in [0.15, 0.2) is 30.5 Å². The van der Waals surface area contributed by atoms with Gasteiger partial charge in [-0.1, -0.05) is 18.5 Å². The fourth-order valence-corrected chi connectivity index (χ4v) is 2.35. The van der Waals surface area contributed by atoms with Gasteiger partial charge in [0, 0.05) is 35.4 Å². The lowest BCUT2D eigenvalue weighted by molar-refractivity contribution is -0.140. The molecule has 0 amide bonds. The van der Waals surface area contributed by atoms with Gasteiger partial charge in [-0.25, -0.2) is 0 Å². The Morgan fingerprint density at radius 2 is 2.20 bits per heavy atom. The molecule has 1 aromatic carbocycles. The first kappa shape index (κ1) is 14.6. The van der Waals surface area contributed by atoms with Crippen LogP contribution in [0, 0.1) is 5.92 Å². The maximum absolute atomic E-state index is 11.0. The molecule has 0 fully saturated rings. The van der Waals surface area contributed by atoms with E-state index in [9.17, 15) is 4.79 Å². The number of benzene rings is 1. The maximum Gasteiger partial charge on any atom is 0.308 e. The van der Waals surface area contributed by atoms with Gasteiger partial charge in [0.15, 0.2) is 0 Å². The van der Waals surface area contributed by atoms with Gasteiger partial charge in [-0.2, -0.15) is 0 Å². The van der Waals surface area contributed by atoms with Gasteiger partial charge in [0.1, 0.15) is 0 Å². The Morgan fingerprint density at radius 1 is 1.45 bits per heavy atom. The van der Waals surface area contributed by atoms with E-state index in [0.717, 1.165) is 23.1 Å². The van der Waals surface area contributed by atoms with Crippen LogP contribution in [0.25, 0.3) is 10.9 Å². The average Bonchev–Trinajstić information content (AvgIpc) is 2.43. The van der Waals surface area contributed by atoms with E-state index in [-0.39, 0.29) is 0 Å². The highest BCUT2D eigenvalue weighted by Gasteiger charge is 2.17. The van der Waals surface area contributed by atoms with Crippen molar-refractivity contribution in [1.82, 2.24) is 4.98 Å². The third-order valence-electron chi connectivity index (χ3n) is 3.32. The molecule has 106 valence electrons. The molecule has 1 heterocycles. The normalized spacial score (nSPS) is 12.3. The zero-order chi connectivity index (χ0) is 14.7. The highest BCUT2D eigenvalue weighted by atomic mass is 35.5. The zero-order valence-corrected chi connectivity index (χ0v) is 12.3. The number of fused-ring (bicyclic) bond motifs is 1. The van der Waals surface area contributed by atoms with Crippen molar-refractivity contribution in [3.8, 4) is 0 Å². The van der Waals surface area contributed by atoms with Gasteiger partial charge < -0.3 is 10.0 Å². The van der Waals surface area contributed by atoms with Crippen LogP contribution in [0.5, 0.6) is 0 Å². The Labute approximate surface area is 123 Å². The number of rotatable bonds is 5. The van der Waals surface area contributed by atoms with E-state index in [1.165, 1.54) is 0 Å². The van der Waals surface area contributed by atoms with Gasteiger partial charge >= 0.3 is 5.97 Å². The molecule has 1 aromatic heterocycles. The van der Waals surface area contributed by atoms with Crippen molar-refractivity contribution in [1.29, 1.82) is 0 Å². The molecule has 0 saturated heterocycles. The number of hydrogen-bond acceptors (Lipinski definition) is 3. The van der Waals surface area contributed by atoms with Crippen molar-refractivity contribution in [3.05, 3.63) is 35.5 Å². The smallest absolute Gasteiger partial charge is 0.308 e. The Bertz CT molecular complexity index is 630. The van der Waals surface area contributed by atoms with Crippen LogP contribution in [-0.2, 0) is 4.79 Å². The van der Waals surface area contributed by atoms with Gasteiger partial charge in [0.2, 0.25) is 0 Å². The predicted molar refractivity (Wildman–Crippen MR) is 81.4 cm³/mol. The number of carboxylic acid groups (broad SMARTS) is 1. The number of hydrogen-bond donors (Lipinski definition) is 1. The lowest BCUT2D eigenvalue weighted by Gasteiger charge is -2.26. The Hall–Kier alpha value is -1.81. The molecule has 0 bridgehead atoms. The summed E-state index contributed by atoms with van der Waals surface area (Å²) in [4.78, 5) is 17.4. The van der Waals surface area contributed by atoms with Crippen LogP contribution < -0.4 is 4.90 Å². The highest BCUT2D eigenvalue weighted by molar-refractivity contribution is 6.31. The van der Waals surface area contributed by atoms with Gasteiger partial charge in [0.05, 0.1) is 11.4 Å². The third kappa shape index (κ3) is 3.02. The topological polar surface area (TPSA) is 53.4 Å². The summed E-state index contributed by atoms with van der Waals surface area (Å²) in [5.74, 6) is -1.21. The van der Waals surface area contributed by atoms with Crippen molar-refractivity contribution in [3.63, 3.8) is 0 Å². The summed E-state index contributed by atoms with van der Waals surface area (Å²) in [6, 6.07) is 7.47. The second-order valence-corrected chi connectivity index (χ2v) is 5.21. The number of carbonyl (C=O) groups is 1. The molecular weight excluding hydrogens is 276 g/mol. The van der Waals surface area contributed by atoms with Crippen molar-refractivity contribution in [2.75, 3.05) is 18.0 Å². The van der Waals surface area contributed by atoms with Crippen molar-refractivity contribution in [2.24, 2.45) is 5.92 Å². The van der Waals surface area contributed by atoms with Crippen molar-refractivity contribution < 1.29 is 9.90 Å². The number of anilines is 1. The first-order valence-corrected chi connectivity index (χ1v) is 6.92. The van der Waals surface area contributed by atoms with Gasteiger partial charge in [-0.05, 0) is 31.2 Å². The minimum Gasteiger partial charge on any atom is -0.481 e. The number of pyridine rings is 1. The van der Waals surface area contributed by atoms with E-state index >= 15 is 0 Å². The summed E-state index contributed by atoms with van der Waals surface area (Å²) < 4.78 is 0. The lowest BCUT2D eigenvalue weighted by Crippen LogP contribution is -2.31. The van der Waals surface area contributed by atoms with Crippen molar-refractivity contribution >= 4 is 34.2 Å². The second kappa shape index (κ2) is 6.09. The molecule has 0 spiro atoms. The van der Waals surface area contributed by atoms with Crippen LogP contribution >= 0.6 is 11.6 Å². The molecule has 5 heteroatoms. The SMILES string of the molecule is CCN(CC(C)C(=O)O)c1ccnc2cc(Cl)ccc12. The number of aliphatic carboxylic acids is 1. The van der Waals surface area contributed by atoms with E-state index in [0.29, 0.717) is 11.6 Å². The standard InChI is InChI=1S/C15H17ClN2O2/c1-3-18(9-10(2)15(19)20)14-6-7-17-13-8-11(16)4-5-12(13)14/h4-8,10H,3,9H2,1-2H3,(H,19,20). The molecule has 0 saturated carbocycles. The number of aromatic nitrogens is 1. The molecule has 2 rings (SSSR count). The zero-order valence-electron chi connectivity index (χ0n) is 11.5. The first-order valence-electron chi connectivity index (χ1n) is 6.55. The number of nitrogens with zero attached hydrogens (tertiary/aromatic N) is 2. The van der Waals surface area contributed by atoms with E-state index < -0.39 is 11.9 Å². The van der Waals surface area contributed by atoms with E-state index in [1.807, 2.05) is 31.2 Å². The summed E-state index contributed by atoms with van der Waals surface area (Å²) in [6.45, 7) is 4.93. The summed E-state index contributed by atoms with van der Waals surface area (Å²) in [5.41, 5.74) is 1.80. The summed E-state index contributed by atoms with van der Waals surface area (Å²) in [5, 5.41) is 10.7. The summed E-state index contributed by atoms with van der Waals surface area (Å²) >= 11 is 5.98. The molecule has 1 atom stereocenters. The maximum atomic E-state index is 11.0. The largest absolute Gasteiger partial charge is 0.481 e. The predicted octanol–water partition coefficient (Wildman–Crippen LogP) is 3.44. The Kier molecular flexibility index (Phi) is 4.45. The molecule has 0 radical (unpaired) electrons. The van der Waals surface area contributed by atoms with Crippen LogP contribution in [0.3, 0.4) is 0 Å². The highest BCUT2D eigenvalue weighted by Crippen LogP contribution is 2.27. The van der Waals surface area contributed by atoms with Gasteiger partial charge in [0.25, 0.3) is 0 Å². The second-order valence-electron chi connectivity index (χ2n) is 4.77. The average molecular weight is 293 g/mol. The molecule has 2 aromatic rings. The van der Waals surface area contributed by atoms with Crippen LogP contribution in [-0.4, -0.2) is 29.1 Å². The van der Waals surface area contributed by atoms with Crippen molar-refractivity contribution in [2.45, 2.75) is 13.8 Å². The van der Waals surface area contributed by atoms with E-state index in [2.05, 4.69) is 9.88 Å². The molecule has 20 heavy (non-hydrogen) atoms. The summed E-state index contributed by atoms with van der Waals surface area (Å²) in [7, 11) is 0. The fourth-order valence-electron chi connectivity index (χ4n) is 2.19. The molecular formula is C15H17ClN2O2. The molecule has 1 N–H and O–H groups in total.